The Kier molecular flexibility index (Phi) is 1.50. The van der Waals surface area contributed by atoms with Gasteiger partial charge in [-0.3, -0.25) is 0 Å². The number of hydroxylamine groups is 2. The van der Waals surface area contributed by atoms with Crippen LogP contribution in [0.3, 0.4) is 0 Å². The summed E-state index contributed by atoms with van der Waals surface area (Å²) in [6.45, 7) is 6.39. The Hall–Kier alpha value is -0.120. The number of rotatable bonds is 0. The molecule has 0 radical (unpaired) electrons. The van der Waals surface area contributed by atoms with Crippen molar-refractivity contribution in [3.05, 3.63) is 5.21 Å². The maximum absolute atomic E-state index is 11.0. The Morgan fingerprint density at radius 3 is 2.33 bits per heavy atom. The van der Waals surface area contributed by atoms with Gasteiger partial charge in [0.1, 0.15) is 0 Å². The molecule has 9 heavy (non-hydrogen) atoms. The van der Waals surface area contributed by atoms with Gasteiger partial charge < -0.3 is 15.6 Å². The summed E-state index contributed by atoms with van der Waals surface area (Å²) in [7, 11) is 0. The van der Waals surface area contributed by atoms with Gasteiger partial charge in [0, 0.05) is 18.2 Å². The highest BCUT2D eigenvalue weighted by Crippen LogP contribution is 2.21. The zero-order valence-electron chi connectivity index (χ0n) is 6.14. The first-order valence-electron chi connectivity index (χ1n) is 3.23. The van der Waals surface area contributed by atoms with Gasteiger partial charge in [-0.15, -0.1) is 0 Å². The van der Waals surface area contributed by atoms with Crippen molar-refractivity contribution in [2.45, 2.75) is 32.4 Å². The lowest BCUT2D eigenvalue weighted by atomic mass is 9.99. The van der Waals surface area contributed by atoms with E-state index < -0.39 is 0 Å². The number of hydrogen-bond donors (Lipinski definition) is 1. The predicted octanol–water partition coefficient (Wildman–Crippen LogP) is 0.514. The molecule has 1 unspecified atom stereocenters. The van der Waals surface area contributed by atoms with Crippen LogP contribution in [0.2, 0.25) is 0 Å². The van der Waals surface area contributed by atoms with E-state index in [1.165, 1.54) is 0 Å². The number of nitrogens with one attached hydrogen (secondary N) is 1. The van der Waals surface area contributed by atoms with Crippen molar-refractivity contribution in [2.24, 2.45) is 0 Å². The summed E-state index contributed by atoms with van der Waals surface area (Å²) in [5.74, 6) is 0. The van der Waals surface area contributed by atoms with Crippen LogP contribution in [0, 0.1) is 5.21 Å². The van der Waals surface area contributed by atoms with Gasteiger partial charge in [-0.25, -0.2) is 0 Å². The Bertz CT molecular complexity index is 102. The SMILES string of the molecule is CC1NCN([O-])C1(C)C. The highest BCUT2D eigenvalue weighted by atomic mass is 16.5. The van der Waals surface area contributed by atoms with Crippen LogP contribution in [0.1, 0.15) is 20.8 Å². The van der Waals surface area contributed by atoms with Crippen molar-refractivity contribution in [2.75, 3.05) is 6.67 Å². The van der Waals surface area contributed by atoms with Crippen LogP contribution in [-0.4, -0.2) is 23.3 Å². The van der Waals surface area contributed by atoms with E-state index >= 15 is 0 Å². The quantitative estimate of drug-likeness (QED) is 0.518. The van der Waals surface area contributed by atoms with E-state index in [4.69, 9.17) is 0 Å². The van der Waals surface area contributed by atoms with Crippen LogP contribution in [-0.2, 0) is 0 Å². The molecule has 0 aromatic carbocycles. The van der Waals surface area contributed by atoms with Gasteiger partial charge in [-0.2, -0.15) is 0 Å². The highest BCUT2D eigenvalue weighted by molar-refractivity contribution is 4.96. The molecule has 3 heteroatoms. The van der Waals surface area contributed by atoms with Crippen LogP contribution >= 0.6 is 0 Å². The number of hydrogen-bond acceptors (Lipinski definition) is 3. The van der Waals surface area contributed by atoms with Gasteiger partial charge in [0.15, 0.2) is 0 Å². The molecular formula is C6H13N2O-. The molecule has 1 N–H and O–H groups in total. The molecule has 1 aliphatic rings. The zero-order valence-corrected chi connectivity index (χ0v) is 6.14. The first-order chi connectivity index (χ1) is 4.05. The lowest BCUT2D eigenvalue weighted by Crippen LogP contribution is -2.41. The molecule has 1 heterocycles. The van der Waals surface area contributed by atoms with Gasteiger partial charge in [-0.05, 0) is 20.8 Å². The minimum Gasteiger partial charge on any atom is -0.784 e. The van der Waals surface area contributed by atoms with E-state index in [1.807, 2.05) is 20.8 Å². The molecule has 0 aromatic rings. The summed E-state index contributed by atoms with van der Waals surface area (Å²) in [6, 6.07) is 0.301. The molecule has 1 atom stereocenters. The first-order valence-corrected chi connectivity index (χ1v) is 3.23. The van der Waals surface area contributed by atoms with Crippen LogP contribution < -0.4 is 5.32 Å². The lowest BCUT2D eigenvalue weighted by Gasteiger charge is -2.38. The fourth-order valence-electron chi connectivity index (χ4n) is 0.889. The van der Waals surface area contributed by atoms with Gasteiger partial charge in [0.05, 0.1) is 0 Å². The third-order valence-electron chi connectivity index (χ3n) is 2.24. The average molecular weight is 129 g/mol. The summed E-state index contributed by atoms with van der Waals surface area (Å²) >= 11 is 0. The molecule has 0 aromatic heterocycles. The maximum Gasteiger partial charge on any atom is 0.0371 e. The molecule has 0 aliphatic carbocycles. The molecule has 0 spiro atoms. The molecule has 1 saturated heterocycles. The second-order valence-electron chi connectivity index (χ2n) is 3.12. The average Bonchev–Trinajstić information content (AvgIpc) is 1.96. The second kappa shape index (κ2) is 1.94. The van der Waals surface area contributed by atoms with E-state index in [0.29, 0.717) is 12.7 Å². The van der Waals surface area contributed by atoms with Crippen molar-refractivity contribution in [3.8, 4) is 0 Å². The highest BCUT2D eigenvalue weighted by Gasteiger charge is 2.31. The number of nitrogens with zero attached hydrogens (tertiary/aromatic N) is 1. The molecule has 0 bridgehead atoms. The normalized spacial score (nSPS) is 35.3. The smallest absolute Gasteiger partial charge is 0.0371 e. The van der Waals surface area contributed by atoms with Crippen LogP contribution in [0.25, 0.3) is 0 Å². The summed E-state index contributed by atoms with van der Waals surface area (Å²) < 4.78 is 0. The third-order valence-corrected chi connectivity index (χ3v) is 2.24. The van der Waals surface area contributed by atoms with Gasteiger partial charge >= 0.3 is 0 Å². The van der Waals surface area contributed by atoms with Crippen LogP contribution in [0.4, 0.5) is 0 Å². The largest absolute Gasteiger partial charge is 0.784 e. The van der Waals surface area contributed by atoms with E-state index in [2.05, 4.69) is 5.32 Å². The molecule has 0 amide bonds. The molecular weight excluding hydrogens is 116 g/mol. The minimum absolute atomic E-state index is 0.222. The van der Waals surface area contributed by atoms with E-state index in [-0.39, 0.29) is 5.54 Å². The molecule has 54 valence electrons. The standard InChI is InChI=1S/C6H13N2O/c1-5-6(2,3)8(9)4-7-5/h5,7H,4H2,1-3H3/q-1. The third kappa shape index (κ3) is 0.956. The summed E-state index contributed by atoms with van der Waals surface area (Å²) in [6.07, 6.45) is 0. The van der Waals surface area contributed by atoms with E-state index in [0.717, 1.165) is 5.06 Å². The maximum atomic E-state index is 11.0. The van der Waals surface area contributed by atoms with E-state index in [9.17, 15) is 5.21 Å². The van der Waals surface area contributed by atoms with Crippen molar-refractivity contribution < 1.29 is 0 Å². The van der Waals surface area contributed by atoms with Crippen LogP contribution in [0.5, 0.6) is 0 Å². The van der Waals surface area contributed by atoms with Gasteiger partial charge in [-0.1, -0.05) is 0 Å². The summed E-state index contributed by atoms with van der Waals surface area (Å²) in [5.41, 5.74) is -0.222. The molecule has 1 fully saturated rings. The van der Waals surface area contributed by atoms with Crippen LogP contribution in [0.15, 0.2) is 0 Å². The molecule has 1 aliphatic heterocycles. The second-order valence-corrected chi connectivity index (χ2v) is 3.12. The van der Waals surface area contributed by atoms with Crippen molar-refractivity contribution in [1.82, 2.24) is 10.4 Å². The Morgan fingerprint density at radius 1 is 1.67 bits per heavy atom. The Labute approximate surface area is 55.6 Å². The fourth-order valence-corrected chi connectivity index (χ4v) is 0.889. The predicted molar refractivity (Wildman–Crippen MR) is 36.7 cm³/mol. The zero-order chi connectivity index (χ0) is 7.07. The Morgan fingerprint density at radius 2 is 2.22 bits per heavy atom. The Balaban J connectivity index is 2.66. The molecule has 3 nitrogen and oxygen atoms in total. The fraction of sp³-hybridized carbons (Fsp3) is 1.00. The molecule has 0 saturated carbocycles. The minimum atomic E-state index is -0.222. The van der Waals surface area contributed by atoms with E-state index in [1.54, 1.807) is 0 Å². The monoisotopic (exact) mass is 129 g/mol. The van der Waals surface area contributed by atoms with Gasteiger partial charge in [0.25, 0.3) is 0 Å². The molecule has 1 rings (SSSR count). The van der Waals surface area contributed by atoms with Gasteiger partial charge in [0.2, 0.25) is 0 Å². The topological polar surface area (TPSA) is 38.3 Å². The summed E-state index contributed by atoms with van der Waals surface area (Å²) in [4.78, 5) is 0. The lowest BCUT2D eigenvalue weighted by molar-refractivity contribution is 0.236. The van der Waals surface area contributed by atoms with Crippen molar-refractivity contribution in [3.63, 3.8) is 0 Å². The van der Waals surface area contributed by atoms with Crippen molar-refractivity contribution in [1.29, 1.82) is 0 Å². The van der Waals surface area contributed by atoms with Crippen molar-refractivity contribution >= 4 is 0 Å². The summed E-state index contributed by atoms with van der Waals surface area (Å²) in [5, 5.41) is 15.1. The first kappa shape index (κ1) is 6.99.